The molecule has 0 unspecified atom stereocenters. The molecule has 0 saturated heterocycles. The number of amides is 1. The number of carbonyl (C=O) groups is 1. The van der Waals surface area contributed by atoms with Crippen LogP contribution in [0.4, 0.5) is 22.0 Å². The first-order valence-corrected chi connectivity index (χ1v) is 7.18. The molecule has 2 rings (SSSR count). The van der Waals surface area contributed by atoms with Crippen LogP contribution in [0.15, 0.2) is 35.7 Å². The van der Waals surface area contributed by atoms with Crippen molar-refractivity contribution >= 4 is 5.91 Å². The number of alkyl halides is 5. The molecule has 1 amide bonds. The van der Waals surface area contributed by atoms with Crippen molar-refractivity contribution in [2.75, 3.05) is 0 Å². The molecule has 0 saturated carbocycles. The lowest BCUT2D eigenvalue weighted by molar-refractivity contribution is -0.284. The van der Waals surface area contributed by atoms with Crippen molar-refractivity contribution in [3.63, 3.8) is 0 Å². The lowest BCUT2D eigenvalue weighted by Gasteiger charge is -2.19. The van der Waals surface area contributed by atoms with Crippen molar-refractivity contribution in [3.8, 4) is 11.4 Å². The number of rotatable bonds is 6. The number of aryl methyl sites for hydroxylation is 1. The number of nitrogens with zero attached hydrogens (tertiary/aromatic N) is 6. The first kappa shape index (κ1) is 19.3. The van der Waals surface area contributed by atoms with Crippen molar-refractivity contribution in [2.24, 2.45) is 5.11 Å². The molecule has 0 atom stereocenters. The van der Waals surface area contributed by atoms with Gasteiger partial charge in [0.25, 0.3) is 0 Å². The molecule has 2 aromatic rings. The van der Waals surface area contributed by atoms with Crippen molar-refractivity contribution in [3.05, 3.63) is 46.6 Å². The zero-order chi connectivity index (χ0) is 19.4. The van der Waals surface area contributed by atoms with Crippen LogP contribution in [0.2, 0.25) is 0 Å². The Labute approximate surface area is 143 Å². The maximum Gasteiger partial charge on any atom is 0.453 e. The number of aromatic nitrogens is 3. The number of hydrogen-bond acceptors (Lipinski definition) is 3. The molecule has 1 heterocycles. The van der Waals surface area contributed by atoms with E-state index in [0.29, 0.717) is 5.56 Å². The van der Waals surface area contributed by atoms with Crippen LogP contribution in [-0.2, 0) is 6.54 Å². The number of halogens is 5. The Morgan fingerprint density at radius 3 is 2.42 bits per heavy atom. The second-order valence-electron chi connectivity index (χ2n) is 5.21. The van der Waals surface area contributed by atoms with Gasteiger partial charge < -0.3 is 0 Å². The molecule has 138 valence electrons. The minimum absolute atomic E-state index is 0.153. The minimum Gasteiger partial charge on any atom is -0.287 e. The first-order chi connectivity index (χ1) is 12.1. The molecular formula is C14H11F5N6O. The second kappa shape index (κ2) is 7.48. The van der Waals surface area contributed by atoms with E-state index >= 15 is 0 Å². The molecule has 0 aliphatic carbocycles. The molecule has 0 aliphatic rings. The summed E-state index contributed by atoms with van der Waals surface area (Å²) in [6.45, 7) is -0.161. The molecule has 1 aromatic heterocycles. The van der Waals surface area contributed by atoms with E-state index in [0.717, 1.165) is 4.68 Å². The molecule has 0 N–H and O–H groups in total. The van der Waals surface area contributed by atoms with E-state index in [1.165, 1.54) is 30.6 Å². The lowest BCUT2D eigenvalue weighted by atomic mass is 10.1. The van der Waals surface area contributed by atoms with Crippen LogP contribution in [0.1, 0.15) is 23.2 Å². The van der Waals surface area contributed by atoms with Crippen LogP contribution in [0.3, 0.4) is 0 Å². The van der Waals surface area contributed by atoms with Crippen molar-refractivity contribution in [2.45, 2.75) is 31.5 Å². The summed E-state index contributed by atoms with van der Waals surface area (Å²) in [6, 6.07) is 5.74. The van der Waals surface area contributed by atoms with E-state index in [1.807, 2.05) is 0 Å². The van der Waals surface area contributed by atoms with E-state index < -0.39 is 30.8 Å². The molecule has 12 heteroatoms. The van der Waals surface area contributed by atoms with Crippen molar-refractivity contribution < 1.29 is 26.7 Å². The highest BCUT2D eigenvalue weighted by atomic mass is 19.4. The van der Waals surface area contributed by atoms with Crippen LogP contribution in [-0.4, -0.2) is 32.8 Å². The highest BCUT2D eigenvalue weighted by molar-refractivity contribution is 5.95. The predicted molar refractivity (Wildman–Crippen MR) is 79.2 cm³/mol. The van der Waals surface area contributed by atoms with Gasteiger partial charge in [0.15, 0.2) is 5.82 Å². The minimum atomic E-state index is -5.57. The monoisotopic (exact) mass is 374 g/mol. The third kappa shape index (κ3) is 4.54. The third-order valence-corrected chi connectivity index (χ3v) is 3.35. The molecule has 0 aliphatic heterocycles. The van der Waals surface area contributed by atoms with Crippen LogP contribution in [0.25, 0.3) is 21.8 Å². The Kier molecular flexibility index (Phi) is 5.56. The van der Waals surface area contributed by atoms with Gasteiger partial charge in [0.05, 0.1) is 0 Å². The Hall–Kier alpha value is -3.01. The topological polar surface area (TPSA) is 96.5 Å². The van der Waals surface area contributed by atoms with Gasteiger partial charge in [0, 0.05) is 29.0 Å². The number of benzene rings is 1. The summed E-state index contributed by atoms with van der Waals surface area (Å²) in [7, 11) is 0. The molecule has 1 aromatic carbocycles. The third-order valence-electron chi connectivity index (χ3n) is 3.35. The Balaban J connectivity index is 1.99. The van der Waals surface area contributed by atoms with Crippen LogP contribution in [0.5, 0.6) is 0 Å². The average Bonchev–Trinajstić information content (AvgIpc) is 3.03. The highest BCUT2D eigenvalue weighted by Gasteiger charge is 2.56. The molecule has 26 heavy (non-hydrogen) atoms. The Morgan fingerprint density at radius 2 is 1.85 bits per heavy atom. The van der Waals surface area contributed by atoms with Gasteiger partial charge in [-0.3, -0.25) is 9.48 Å². The van der Waals surface area contributed by atoms with Crippen LogP contribution >= 0.6 is 0 Å². The fourth-order valence-corrected chi connectivity index (χ4v) is 2.00. The van der Waals surface area contributed by atoms with Gasteiger partial charge in [-0.05, 0) is 17.1 Å². The lowest BCUT2D eigenvalue weighted by Crippen LogP contribution is -2.36. The summed E-state index contributed by atoms with van der Waals surface area (Å²) in [6.07, 6.45) is -6.15. The van der Waals surface area contributed by atoms with E-state index in [9.17, 15) is 26.7 Å². The highest BCUT2D eigenvalue weighted by Crippen LogP contribution is 2.38. The molecule has 0 bridgehead atoms. The van der Waals surface area contributed by atoms with Gasteiger partial charge >= 0.3 is 12.1 Å². The quantitative estimate of drug-likeness (QED) is 0.325. The number of carbonyl (C=O) groups excluding carboxylic acids is 1. The van der Waals surface area contributed by atoms with E-state index in [4.69, 9.17) is 5.53 Å². The molecule has 0 fully saturated rings. The van der Waals surface area contributed by atoms with Crippen molar-refractivity contribution in [1.82, 2.24) is 14.8 Å². The predicted octanol–water partition coefficient (Wildman–Crippen LogP) is 4.37. The maximum absolute atomic E-state index is 12.8. The van der Waals surface area contributed by atoms with E-state index in [-0.39, 0.29) is 17.9 Å². The number of hydrogen-bond donors (Lipinski definition) is 0. The fraction of sp³-hybridized carbons (Fsp3) is 0.357. The molecule has 0 spiro atoms. The Morgan fingerprint density at radius 1 is 1.19 bits per heavy atom. The normalized spacial score (nSPS) is 11.9. The van der Waals surface area contributed by atoms with Gasteiger partial charge in [-0.25, -0.2) is 4.98 Å². The number of azide groups is 1. The van der Waals surface area contributed by atoms with Gasteiger partial charge in [-0.2, -0.15) is 27.1 Å². The first-order valence-electron chi connectivity index (χ1n) is 7.18. The summed E-state index contributed by atoms with van der Waals surface area (Å²) in [5.41, 5.74) is 8.85. The Bertz CT molecular complexity index is 823. The second-order valence-corrected chi connectivity index (χ2v) is 5.21. The summed E-state index contributed by atoms with van der Waals surface area (Å²) in [5, 5.41) is 6.92. The summed E-state index contributed by atoms with van der Waals surface area (Å²) in [4.78, 5) is 17.7. The average molecular weight is 374 g/mol. The van der Waals surface area contributed by atoms with Gasteiger partial charge in [0.2, 0.25) is 5.91 Å². The van der Waals surface area contributed by atoms with Gasteiger partial charge in [-0.15, -0.1) is 0 Å². The molecule has 7 nitrogen and oxygen atoms in total. The smallest absolute Gasteiger partial charge is 0.287 e. The van der Waals surface area contributed by atoms with Gasteiger partial charge in [-0.1, -0.05) is 24.3 Å². The fourth-order valence-electron chi connectivity index (χ4n) is 2.00. The van der Waals surface area contributed by atoms with Crippen molar-refractivity contribution in [1.29, 1.82) is 0 Å². The van der Waals surface area contributed by atoms with Gasteiger partial charge in [0.1, 0.15) is 6.33 Å². The van der Waals surface area contributed by atoms with Crippen LogP contribution < -0.4 is 0 Å². The molecule has 0 radical (unpaired) electrons. The summed E-state index contributed by atoms with van der Waals surface area (Å²) in [5.74, 6) is -5.30. The largest absolute Gasteiger partial charge is 0.453 e. The standard InChI is InChI=1S/C14H11F5N6O/c15-13(16,14(17,18)19)6-1-7-25-8-21-11(23-25)9-2-4-10(5-3-9)12(26)22-24-20/h2-5,8H,1,6-7H2. The SMILES string of the molecule is [N-]=[N+]=NC(=O)c1ccc(-c2ncn(CCCC(F)(F)C(F)(F)F)n2)cc1. The van der Waals surface area contributed by atoms with E-state index in [1.54, 1.807) is 0 Å². The zero-order valence-electron chi connectivity index (χ0n) is 13.0. The van der Waals surface area contributed by atoms with E-state index in [2.05, 4.69) is 20.1 Å². The molecular weight excluding hydrogens is 363 g/mol. The van der Waals surface area contributed by atoms with Crippen LogP contribution in [0, 0.1) is 0 Å². The summed E-state index contributed by atoms with van der Waals surface area (Å²) < 4.78 is 63.1. The zero-order valence-corrected chi connectivity index (χ0v) is 13.0. The summed E-state index contributed by atoms with van der Waals surface area (Å²) >= 11 is 0. The maximum atomic E-state index is 12.8.